The number of carbonyl (C=O) groups excluding carboxylic acids is 1. The van der Waals surface area contributed by atoms with Crippen LogP contribution >= 0.6 is 11.8 Å². The van der Waals surface area contributed by atoms with Gasteiger partial charge in [-0.15, -0.1) is 11.8 Å². The molecule has 1 N–H and O–H groups in total. The Morgan fingerprint density at radius 2 is 1.91 bits per heavy atom. The summed E-state index contributed by atoms with van der Waals surface area (Å²) in [6.45, 7) is 8.96. The van der Waals surface area contributed by atoms with E-state index in [2.05, 4.69) is 5.32 Å². The maximum Gasteiger partial charge on any atom is 0.256 e. The molecule has 1 aliphatic rings. The van der Waals surface area contributed by atoms with Gasteiger partial charge in [0, 0.05) is 36.0 Å². The Bertz CT molecular complexity index is 1060. The van der Waals surface area contributed by atoms with Gasteiger partial charge in [-0.2, -0.15) is 4.31 Å². The highest BCUT2D eigenvalue weighted by molar-refractivity contribution is 7.99. The first-order chi connectivity index (χ1) is 15.3. The maximum absolute atomic E-state index is 13.2. The largest absolute Gasteiger partial charge is 0.377 e. The van der Waals surface area contributed by atoms with Crippen molar-refractivity contribution in [3.05, 3.63) is 53.1 Å². The van der Waals surface area contributed by atoms with Crippen molar-refractivity contribution in [3.63, 3.8) is 0 Å². The molecule has 0 bridgehead atoms. The number of hydrogen-bond acceptors (Lipinski definition) is 5. The molecule has 2 aromatic rings. The number of hydrogen-bond donors (Lipinski definition) is 1. The number of nitrogens with one attached hydrogen (secondary N) is 1. The van der Waals surface area contributed by atoms with Crippen LogP contribution in [0.1, 0.15) is 48.2 Å². The molecule has 1 heterocycles. The highest BCUT2D eigenvalue weighted by Gasteiger charge is 2.24. The Labute approximate surface area is 195 Å². The average Bonchev–Trinajstić information content (AvgIpc) is 3.29. The zero-order valence-electron chi connectivity index (χ0n) is 19.2. The molecule has 2 aromatic carbocycles. The summed E-state index contributed by atoms with van der Waals surface area (Å²) in [5.41, 5.74) is 2.75. The van der Waals surface area contributed by atoms with Crippen LogP contribution in [0.2, 0.25) is 0 Å². The van der Waals surface area contributed by atoms with Crippen LogP contribution in [0.3, 0.4) is 0 Å². The number of carbonyl (C=O) groups is 1. The summed E-state index contributed by atoms with van der Waals surface area (Å²) in [5, 5.41) is 2.96. The normalized spacial score (nSPS) is 16.5. The van der Waals surface area contributed by atoms with Crippen LogP contribution in [0.4, 0.5) is 5.69 Å². The van der Waals surface area contributed by atoms with Gasteiger partial charge in [0.15, 0.2) is 0 Å². The lowest BCUT2D eigenvalue weighted by molar-refractivity contribution is 0.102. The number of amides is 1. The Hall–Kier alpha value is -1.87. The molecule has 0 saturated carbocycles. The predicted molar refractivity (Wildman–Crippen MR) is 130 cm³/mol. The van der Waals surface area contributed by atoms with Crippen molar-refractivity contribution in [1.82, 2.24) is 4.31 Å². The van der Waals surface area contributed by atoms with Gasteiger partial charge in [-0.1, -0.05) is 26.0 Å². The zero-order valence-corrected chi connectivity index (χ0v) is 20.8. The van der Waals surface area contributed by atoms with Crippen LogP contribution in [-0.2, 0) is 14.8 Å². The van der Waals surface area contributed by atoms with Gasteiger partial charge in [0.05, 0.1) is 16.6 Å². The smallest absolute Gasteiger partial charge is 0.256 e. The summed E-state index contributed by atoms with van der Waals surface area (Å²) in [6.07, 6.45) is 2.36. The number of nitrogens with zero attached hydrogens (tertiary/aromatic N) is 1. The Morgan fingerprint density at radius 3 is 2.56 bits per heavy atom. The number of thioether (sulfide) groups is 1. The second kappa shape index (κ2) is 10.8. The second-order valence-corrected chi connectivity index (χ2v) is 10.9. The summed E-state index contributed by atoms with van der Waals surface area (Å²) in [6, 6.07) is 10.7. The molecule has 1 aliphatic heterocycles. The van der Waals surface area contributed by atoms with Crippen molar-refractivity contribution in [3.8, 4) is 0 Å². The molecule has 0 aliphatic carbocycles. The molecule has 1 saturated heterocycles. The molecule has 1 unspecified atom stereocenters. The molecule has 8 heteroatoms. The van der Waals surface area contributed by atoms with Gasteiger partial charge in [-0.3, -0.25) is 4.79 Å². The third-order valence-electron chi connectivity index (χ3n) is 5.81. The lowest BCUT2D eigenvalue weighted by Gasteiger charge is -2.20. The third-order valence-corrected chi connectivity index (χ3v) is 9.05. The van der Waals surface area contributed by atoms with Gasteiger partial charge >= 0.3 is 0 Å². The van der Waals surface area contributed by atoms with Gasteiger partial charge in [0.2, 0.25) is 10.0 Å². The first kappa shape index (κ1) is 24.8. The van der Waals surface area contributed by atoms with Gasteiger partial charge < -0.3 is 10.1 Å². The first-order valence-electron chi connectivity index (χ1n) is 11.0. The van der Waals surface area contributed by atoms with Crippen LogP contribution in [0.5, 0.6) is 0 Å². The van der Waals surface area contributed by atoms with Crippen molar-refractivity contribution < 1.29 is 17.9 Å². The molecule has 1 amide bonds. The monoisotopic (exact) mass is 476 g/mol. The van der Waals surface area contributed by atoms with E-state index in [1.54, 1.807) is 30.0 Å². The predicted octanol–water partition coefficient (Wildman–Crippen LogP) is 4.86. The Balaban J connectivity index is 1.86. The fraction of sp³-hybridized carbons (Fsp3) is 0.458. The molecule has 174 valence electrons. The van der Waals surface area contributed by atoms with Gasteiger partial charge in [-0.05, 0) is 62.1 Å². The molecule has 3 rings (SSSR count). The van der Waals surface area contributed by atoms with Crippen molar-refractivity contribution in [2.75, 3.05) is 30.8 Å². The van der Waals surface area contributed by atoms with E-state index in [9.17, 15) is 13.2 Å². The Kier molecular flexibility index (Phi) is 8.38. The topological polar surface area (TPSA) is 75.7 Å². The second-order valence-electron chi connectivity index (χ2n) is 7.90. The van der Waals surface area contributed by atoms with Crippen LogP contribution < -0.4 is 5.32 Å². The average molecular weight is 477 g/mol. The highest BCUT2D eigenvalue weighted by atomic mass is 32.2. The minimum atomic E-state index is -3.63. The first-order valence-corrected chi connectivity index (χ1v) is 13.5. The van der Waals surface area contributed by atoms with Crippen LogP contribution in [0.25, 0.3) is 0 Å². The number of benzene rings is 2. The summed E-state index contributed by atoms with van der Waals surface area (Å²) in [4.78, 5) is 14.3. The van der Waals surface area contributed by atoms with E-state index in [1.165, 1.54) is 4.31 Å². The van der Waals surface area contributed by atoms with Crippen LogP contribution in [0, 0.1) is 13.8 Å². The molecular formula is C24H32N2O4S2. The molecule has 6 nitrogen and oxygen atoms in total. The van der Waals surface area contributed by atoms with E-state index in [-0.39, 0.29) is 16.9 Å². The molecule has 1 atom stereocenters. The zero-order chi connectivity index (χ0) is 23.3. The van der Waals surface area contributed by atoms with Crippen LogP contribution in [0.15, 0.2) is 46.2 Å². The Morgan fingerprint density at radius 1 is 1.19 bits per heavy atom. The molecule has 0 radical (unpaired) electrons. The van der Waals surface area contributed by atoms with Crippen LogP contribution in [-0.4, -0.2) is 50.2 Å². The number of sulfonamides is 1. The van der Waals surface area contributed by atoms with E-state index in [0.29, 0.717) is 24.3 Å². The molecule has 1 fully saturated rings. The van der Waals surface area contributed by atoms with E-state index < -0.39 is 10.0 Å². The lowest BCUT2D eigenvalue weighted by atomic mass is 10.1. The fourth-order valence-corrected chi connectivity index (χ4v) is 6.44. The van der Waals surface area contributed by atoms with Gasteiger partial charge in [0.25, 0.3) is 5.91 Å². The van der Waals surface area contributed by atoms with E-state index in [0.717, 1.165) is 41.2 Å². The molecule has 0 aromatic heterocycles. The number of rotatable bonds is 9. The lowest BCUT2D eigenvalue weighted by Crippen LogP contribution is -2.30. The quantitative estimate of drug-likeness (QED) is 0.523. The summed E-state index contributed by atoms with van der Waals surface area (Å²) >= 11 is 1.62. The molecular weight excluding hydrogens is 444 g/mol. The molecule has 0 spiro atoms. The number of anilines is 1. The maximum atomic E-state index is 13.2. The third kappa shape index (κ3) is 5.54. The SMILES string of the molecule is CCN(CC)S(=O)(=O)c1cc(C)c(C)c(NC(=O)c2ccccc2SCC2CCCO2)c1. The minimum absolute atomic E-state index is 0.195. The summed E-state index contributed by atoms with van der Waals surface area (Å²) in [5.74, 6) is 0.556. The minimum Gasteiger partial charge on any atom is -0.377 e. The van der Waals surface area contributed by atoms with Crippen molar-refractivity contribution in [1.29, 1.82) is 0 Å². The summed E-state index contributed by atoms with van der Waals surface area (Å²) in [7, 11) is -3.63. The van der Waals surface area contributed by atoms with Crippen molar-refractivity contribution >= 4 is 33.4 Å². The fourth-order valence-electron chi connectivity index (χ4n) is 3.75. The van der Waals surface area contributed by atoms with E-state index in [1.807, 2.05) is 45.9 Å². The van der Waals surface area contributed by atoms with Crippen molar-refractivity contribution in [2.45, 2.75) is 56.4 Å². The van der Waals surface area contributed by atoms with Gasteiger partial charge in [0.1, 0.15) is 0 Å². The van der Waals surface area contributed by atoms with E-state index in [4.69, 9.17) is 4.74 Å². The number of aryl methyl sites for hydroxylation is 1. The standard InChI is InChI=1S/C24H32N2O4S2/c1-5-26(6-2)32(28,29)20-14-17(3)18(4)22(15-20)25-24(27)21-11-7-8-12-23(21)31-16-19-10-9-13-30-19/h7-8,11-12,14-15,19H,5-6,9-10,13,16H2,1-4H3,(H,25,27). The summed E-state index contributed by atoms with van der Waals surface area (Å²) < 4.78 is 33.2. The van der Waals surface area contributed by atoms with Crippen molar-refractivity contribution in [2.24, 2.45) is 0 Å². The molecule has 32 heavy (non-hydrogen) atoms. The highest BCUT2D eigenvalue weighted by Crippen LogP contribution is 2.30. The number of ether oxygens (including phenoxy) is 1. The van der Waals surface area contributed by atoms with Gasteiger partial charge in [-0.25, -0.2) is 8.42 Å². The van der Waals surface area contributed by atoms with E-state index >= 15 is 0 Å².